The molecule has 1 aliphatic rings. The number of methoxy groups -OCH3 is 1. The molecule has 3 N–H and O–H groups in total. The molecule has 1 saturated heterocycles. The van der Waals surface area contributed by atoms with Crippen LogP contribution < -0.4 is 15.4 Å². The van der Waals surface area contributed by atoms with Gasteiger partial charge in [0.05, 0.1) is 7.11 Å². The van der Waals surface area contributed by atoms with Crippen LogP contribution in [-0.2, 0) is 0 Å². The summed E-state index contributed by atoms with van der Waals surface area (Å²) in [5.74, 6) is 0.867. The first-order valence-electron chi connectivity index (χ1n) is 5.45. The highest BCUT2D eigenvalue weighted by Crippen LogP contribution is 2.15. The molecule has 1 heterocycles. The molecule has 0 aromatic heterocycles. The molecule has 1 unspecified atom stereocenters. The van der Waals surface area contributed by atoms with Crippen LogP contribution in [0.2, 0.25) is 0 Å². The molecule has 0 amide bonds. The number of anilines is 1. The quantitative estimate of drug-likeness (QED) is 0.719. The van der Waals surface area contributed by atoms with Crippen LogP contribution in [0.25, 0.3) is 0 Å². The lowest BCUT2D eigenvalue weighted by molar-refractivity contribution is 0.415. The Kier molecular flexibility index (Phi) is 3.41. The first-order valence-corrected chi connectivity index (χ1v) is 5.45. The first-order chi connectivity index (χ1) is 7.78. The molecule has 0 saturated carbocycles. The van der Waals surface area contributed by atoms with E-state index >= 15 is 0 Å². The van der Waals surface area contributed by atoms with E-state index in [1.54, 1.807) is 7.11 Å². The third kappa shape index (κ3) is 2.73. The summed E-state index contributed by atoms with van der Waals surface area (Å²) in [6.07, 6.45) is 0.850. The van der Waals surface area contributed by atoms with Crippen LogP contribution >= 0.6 is 0 Å². The molecule has 1 aromatic carbocycles. The molecule has 0 bridgehead atoms. The van der Waals surface area contributed by atoms with E-state index in [-0.39, 0.29) is 0 Å². The Morgan fingerprint density at radius 1 is 1.44 bits per heavy atom. The molecule has 1 fully saturated rings. The second kappa shape index (κ2) is 4.99. The number of ether oxygens (including phenoxy) is 1. The lowest BCUT2D eigenvalue weighted by atomic mass is 10.2. The largest absolute Gasteiger partial charge is 0.497 e. The summed E-state index contributed by atoms with van der Waals surface area (Å²) in [6, 6.07) is 8.26. The average Bonchev–Trinajstić information content (AvgIpc) is 2.73. The Morgan fingerprint density at radius 2 is 2.19 bits per heavy atom. The topological polar surface area (TPSA) is 57.1 Å². The average molecular weight is 219 g/mol. The van der Waals surface area contributed by atoms with Crippen LogP contribution in [0, 0.1) is 5.41 Å². The molecule has 2 rings (SSSR count). The van der Waals surface area contributed by atoms with Gasteiger partial charge in [-0.1, -0.05) is 0 Å². The minimum Gasteiger partial charge on any atom is -0.497 e. The molecular weight excluding hydrogens is 202 g/mol. The lowest BCUT2D eigenvalue weighted by Gasteiger charge is -2.12. The van der Waals surface area contributed by atoms with Crippen molar-refractivity contribution < 1.29 is 4.74 Å². The van der Waals surface area contributed by atoms with Crippen molar-refractivity contribution in [2.45, 2.75) is 12.5 Å². The van der Waals surface area contributed by atoms with Gasteiger partial charge >= 0.3 is 0 Å². The molecule has 1 atom stereocenters. The maximum atomic E-state index is 7.51. The van der Waals surface area contributed by atoms with Crippen molar-refractivity contribution in [3.05, 3.63) is 24.3 Å². The Morgan fingerprint density at radius 3 is 2.75 bits per heavy atom. The van der Waals surface area contributed by atoms with Crippen LogP contribution in [0.3, 0.4) is 0 Å². The molecule has 1 aromatic rings. The van der Waals surface area contributed by atoms with E-state index < -0.39 is 0 Å². The second-order valence-corrected chi connectivity index (χ2v) is 3.99. The fourth-order valence-corrected chi connectivity index (χ4v) is 1.80. The minimum absolute atomic E-state index is 0.384. The molecule has 86 valence electrons. The SMILES string of the molecule is COc1ccc(NCC2CC(=N)CN2)cc1. The number of hydrogen-bond acceptors (Lipinski definition) is 4. The third-order valence-corrected chi connectivity index (χ3v) is 2.74. The molecule has 4 nitrogen and oxygen atoms in total. The summed E-state index contributed by atoms with van der Waals surface area (Å²) in [6.45, 7) is 1.59. The van der Waals surface area contributed by atoms with Crippen LogP contribution in [0.4, 0.5) is 5.69 Å². The first kappa shape index (κ1) is 11.0. The smallest absolute Gasteiger partial charge is 0.119 e. The Labute approximate surface area is 95.5 Å². The molecule has 4 heteroatoms. The van der Waals surface area contributed by atoms with Crippen LogP contribution in [0.15, 0.2) is 24.3 Å². The summed E-state index contributed by atoms with van der Waals surface area (Å²) in [5, 5.41) is 14.1. The van der Waals surface area contributed by atoms with E-state index in [9.17, 15) is 0 Å². The van der Waals surface area contributed by atoms with Crippen molar-refractivity contribution in [2.24, 2.45) is 0 Å². The summed E-state index contributed by atoms with van der Waals surface area (Å²) in [7, 11) is 1.66. The third-order valence-electron chi connectivity index (χ3n) is 2.74. The van der Waals surface area contributed by atoms with E-state index in [1.165, 1.54) is 0 Å². The number of rotatable bonds is 4. The normalized spacial score (nSPS) is 19.8. The Bertz CT molecular complexity index is 361. The van der Waals surface area contributed by atoms with Crippen LogP contribution in [0.5, 0.6) is 5.75 Å². The fraction of sp³-hybridized carbons (Fsp3) is 0.417. The standard InChI is InChI=1S/C12H17N3O/c1-16-12-4-2-10(3-5-12)15-8-11-6-9(13)7-14-11/h2-5,11,13-15H,6-8H2,1H3. The highest BCUT2D eigenvalue weighted by Gasteiger charge is 2.17. The van der Waals surface area contributed by atoms with Crippen molar-refractivity contribution in [3.63, 3.8) is 0 Å². The highest BCUT2D eigenvalue weighted by molar-refractivity contribution is 5.86. The molecule has 0 radical (unpaired) electrons. The summed E-state index contributed by atoms with van der Waals surface area (Å²) in [5.41, 5.74) is 1.88. The van der Waals surface area contributed by atoms with E-state index in [0.29, 0.717) is 6.04 Å². The summed E-state index contributed by atoms with van der Waals surface area (Å²) < 4.78 is 5.09. The van der Waals surface area contributed by atoms with Crippen molar-refractivity contribution in [1.29, 1.82) is 5.41 Å². The zero-order valence-corrected chi connectivity index (χ0v) is 9.42. The maximum Gasteiger partial charge on any atom is 0.119 e. The fourth-order valence-electron chi connectivity index (χ4n) is 1.80. The van der Waals surface area contributed by atoms with E-state index in [4.69, 9.17) is 10.1 Å². The maximum absolute atomic E-state index is 7.51. The van der Waals surface area contributed by atoms with Gasteiger partial charge in [-0.2, -0.15) is 0 Å². The van der Waals surface area contributed by atoms with Gasteiger partial charge in [0, 0.05) is 37.0 Å². The monoisotopic (exact) mass is 219 g/mol. The van der Waals surface area contributed by atoms with Crippen molar-refractivity contribution >= 4 is 11.4 Å². The molecular formula is C12H17N3O. The predicted molar refractivity (Wildman–Crippen MR) is 65.6 cm³/mol. The van der Waals surface area contributed by atoms with Crippen LogP contribution in [-0.4, -0.2) is 32.0 Å². The van der Waals surface area contributed by atoms with Gasteiger partial charge in [0.1, 0.15) is 5.75 Å². The molecule has 0 aliphatic carbocycles. The second-order valence-electron chi connectivity index (χ2n) is 3.99. The predicted octanol–water partition coefficient (Wildman–Crippen LogP) is 1.49. The van der Waals surface area contributed by atoms with Crippen molar-refractivity contribution in [1.82, 2.24) is 5.32 Å². The van der Waals surface area contributed by atoms with Gasteiger partial charge in [-0.15, -0.1) is 0 Å². The zero-order valence-electron chi connectivity index (χ0n) is 9.42. The van der Waals surface area contributed by atoms with E-state index in [2.05, 4.69) is 10.6 Å². The number of nitrogens with one attached hydrogen (secondary N) is 3. The Balaban J connectivity index is 1.82. The van der Waals surface area contributed by atoms with Gasteiger partial charge in [-0.3, -0.25) is 0 Å². The van der Waals surface area contributed by atoms with E-state index in [1.807, 2.05) is 24.3 Å². The van der Waals surface area contributed by atoms with Gasteiger partial charge in [-0.25, -0.2) is 0 Å². The van der Waals surface area contributed by atoms with Gasteiger partial charge in [0.15, 0.2) is 0 Å². The molecule has 0 spiro atoms. The van der Waals surface area contributed by atoms with Crippen molar-refractivity contribution in [3.8, 4) is 5.75 Å². The molecule has 16 heavy (non-hydrogen) atoms. The lowest BCUT2D eigenvalue weighted by Crippen LogP contribution is -2.29. The van der Waals surface area contributed by atoms with Crippen molar-refractivity contribution in [2.75, 3.05) is 25.5 Å². The molecule has 1 aliphatic heterocycles. The number of benzene rings is 1. The van der Waals surface area contributed by atoms with Crippen LogP contribution in [0.1, 0.15) is 6.42 Å². The Hall–Kier alpha value is -1.55. The zero-order chi connectivity index (χ0) is 11.4. The summed E-state index contributed by atoms with van der Waals surface area (Å²) in [4.78, 5) is 0. The van der Waals surface area contributed by atoms with Gasteiger partial charge < -0.3 is 20.8 Å². The van der Waals surface area contributed by atoms with E-state index in [0.717, 1.165) is 36.7 Å². The summed E-state index contributed by atoms with van der Waals surface area (Å²) >= 11 is 0. The van der Waals surface area contributed by atoms with Gasteiger partial charge in [-0.05, 0) is 24.3 Å². The minimum atomic E-state index is 0.384. The van der Waals surface area contributed by atoms with Gasteiger partial charge in [0.25, 0.3) is 0 Å². The number of hydrogen-bond donors (Lipinski definition) is 3. The highest BCUT2D eigenvalue weighted by atomic mass is 16.5. The van der Waals surface area contributed by atoms with Gasteiger partial charge in [0.2, 0.25) is 0 Å².